The Hall–Kier alpha value is -1.47. The molecule has 0 aromatic heterocycles. The minimum absolute atomic E-state index is 0.147. The number of carbonyl (C=O) groups excluding carboxylic acids is 1. The van der Waals surface area contributed by atoms with Crippen molar-refractivity contribution in [3.8, 4) is 0 Å². The van der Waals surface area contributed by atoms with Gasteiger partial charge in [-0.2, -0.15) is 5.06 Å². The lowest BCUT2D eigenvalue weighted by Crippen LogP contribution is -2.42. The van der Waals surface area contributed by atoms with Crippen molar-refractivity contribution in [3.05, 3.63) is 35.9 Å². The summed E-state index contributed by atoms with van der Waals surface area (Å²) in [6.07, 6.45) is 0.555. The smallest absolute Gasteiger partial charge is 0.312 e. The Morgan fingerprint density at radius 1 is 1.30 bits per heavy atom. The van der Waals surface area contributed by atoms with Gasteiger partial charge in [0.2, 0.25) is 0 Å². The molecule has 2 fully saturated rings. The molecule has 6 heteroatoms. The summed E-state index contributed by atoms with van der Waals surface area (Å²) >= 11 is 0. The number of hydrogen-bond donors (Lipinski definition) is 0. The van der Waals surface area contributed by atoms with Crippen LogP contribution in [0.15, 0.2) is 30.3 Å². The molecule has 2 aliphatic heterocycles. The Labute approximate surface area is 136 Å². The first-order valence-electron chi connectivity index (χ1n) is 7.90. The number of ether oxygens (including phenoxy) is 3. The maximum absolute atomic E-state index is 12.1. The van der Waals surface area contributed by atoms with Crippen molar-refractivity contribution in [2.45, 2.75) is 31.7 Å². The largest absolute Gasteiger partial charge is 0.469 e. The number of carbonyl (C=O) groups is 1. The van der Waals surface area contributed by atoms with Gasteiger partial charge >= 0.3 is 5.97 Å². The quantitative estimate of drug-likeness (QED) is 0.770. The maximum Gasteiger partial charge on any atom is 0.312 e. The van der Waals surface area contributed by atoms with Crippen molar-refractivity contribution >= 4 is 5.97 Å². The van der Waals surface area contributed by atoms with E-state index >= 15 is 0 Å². The van der Waals surface area contributed by atoms with Gasteiger partial charge in [0.1, 0.15) is 5.92 Å². The van der Waals surface area contributed by atoms with Crippen LogP contribution in [-0.4, -0.2) is 49.8 Å². The Bertz CT molecular complexity index is 529. The Morgan fingerprint density at radius 2 is 2.00 bits per heavy atom. The van der Waals surface area contributed by atoms with Gasteiger partial charge in [0.05, 0.1) is 33.0 Å². The summed E-state index contributed by atoms with van der Waals surface area (Å²) in [4.78, 5) is 17.9. The van der Waals surface area contributed by atoms with Gasteiger partial charge in [0.15, 0.2) is 5.79 Å². The molecule has 126 valence electrons. The Balaban J connectivity index is 1.75. The van der Waals surface area contributed by atoms with E-state index in [9.17, 15) is 4.79 Å². The second-order valence-electron chi connectivity index (χ2n) is 6.09. The van der Waals surface area contributed by atoms with E-state index in [1.54, 1.807) is 0 Å². The zero-order valence-corrected chi connectivity index (χ0v) is 13.6. The van der Waals surface area contributed by atoms with Crippen LogP contribution in [0, 0.1) is 5.92 Å². The van der Waals surface area contributed by atoms with Crippen LogP contribution in [0.1, 0.15) is 18.9 Å². The van der Waals surface area contributed by atoms with E-state index in [0.717, 1.165) is 5.56 Å². The zero-order chi connectivity index (χ0) is 16.3. The fourth-order valence-electron chi connectivity index (χ4n) is 3.18. The predicted octanol–water partition coefficient (Wildman–Crippen LogP) is 1.74. The van der Waals surface area contributed by atoms with Crippen LogP contribution in [-0.2, 0) is 30.4 Å². The van der Waals surface area contributed by atoms with E-state index in [-0.39, 0.29) is 17.9 Å². The van der Waals surface area contributed by atoms with Gasteiger partial charge in [-0.15, -0.1) is 0 Å². The molecular weight excluding hydrogens is 298 g/mol. The normalized spacial score (nSPS) is 27.2. The highest BCUT2D eigenvalue weighted by Gasteiger charge is 2.46. The fourth-order valence-corrected chi connectivity index (χ4v) is 3.18. The number of methoxy groups -OCH3 is 1. The average molecular weight is 321 g/mol. The van der Waals surface area contributed by atoms with Crippen molar-refractivity contribution in [2.24, 2.45) is 5.92 Å². The Morgan fingerprint density at radius 3 is 2.65 bits per heavy atom. The highest BCUT2D eigenvalue weighted by molar-refractivity contribution is 5.73. The van der Waals surface area contributed by atoms with Crippen molar-refractivity contribution < 1.29 is 23.8 Å². The lowest BCUT2D eigenvalue weighted by molar-refractivity contribution is -0.190. The predicted molar refractivity (Wildman–Crippen MR) is 82.2 cm³/mol. The van der Waals surface area contributed by atoms with Crippen LogP contribution < -0.4 is 0 Å². The number of hydroxylamine groups is 2. The number of esters is 1. The van der Waals surface area contributed by atoms with Crippen LogP contribution in [0.2, 0.25) is 0 Å². The monoisotopic (exact) mass is 321 g/mol. The molecule has 0 aliphatic carbocycles. The third-order valence-corrected chi connectivity index (χ3v) is 4.42. The lowest BCUT2D eigenvalue weighted by atomic mass is 9.94. The molecule has 2 atom stereocenters. The van der Waals surface area contributed by atoms with Gasteiger partial charge < -0.3 is 14.2 Å². The molecule has 0 amide bonds. The SMILES string of the molecule is COC(=O)[C@H]1CON(Cc2ccccc2)[C@H]1CC1(C)OCCO1. The van der Waals surface area contributed by atoms with Gasteiger partial charge in [-0.05, 0) is 12.5 Å². The molecule has 0 radical (unpaired) electrons. The van der Waals surface area contributed by atoms with E-state index in [4.69, 9.17) is 19.0 Å². The molecule has 2 aliphatic rings. The summed E-state index contributed by atoms with van der Waals surface area (Å²) in [6, 6.07) is 9.88. The van der Waals surface area contributed by atoms with Crippen LogP contribution >= 0.6 is 0 Å². The zero-order valence-electron chi connectivity index (χ0n) is 13.6. The van der Waals surface area contributed by atoms with Crippen LogP contribution in [0.4, 0.5) is 0 Å². The topological polar surface area (TPSA) is 57.2 Å². The first-order valence-corrected chi connectivity index (χ1v) is 7.90. The molecule has 2 saturated heterocycles. The molecule has 6 nitrogen and oxygen atoms in total. The van der Waals surface area contributed by atoms with Crippen molar-refractivity contribution in [1.29, 1.82) is 0 Å². The van der Waals surface area contributed by atoms with Gasteiger partial charge in [-0.1, -0.05) is 30.3 Å². The summed E-state index contributed by atoms with van der Waals surface area (Å²) < 4.78 is 16.3. The fraction of sp³-hybridized carbons (Fsp3) is 0.588. The van der Waals surface area contributed by atoms with E-state index in [0.29, 0.717) is 32.8 Å². The van der Waals surface area contributed by atoms with Gasteiger partial charge in [-0.25, -0.2) is 0 Å². The number of rotatable bonds is 5. The average Bonchev–Trinajstić information content (AvgIpc) is 3.15. The van der Waals surface area contributed by atoms with Crippen LogP contribution in [0.5, 0.6) is 0 Å². The van der Waals surface area contributed by atoms with Gasteiger partial charge in [0, 0.05) is 13.0 Å². The van der Waals surface area contributed by atoms with Crippen molar-refractivity contribution in [3.63, 3.8) is 0 Å². The molecule has 0 N–H and O–H groups in total. The summed E-state index contributed by atoms with van der Waals surface area (Å²) in [6.45, 7) is 3.99. The number of hydrogen-bond acceptors (Lipinski definition) is 6. The van der Waals surface area contributed by atoms with E-state index in [1.807, 2.05) is 42.3 Å². The molecule has 0 spiro atoms. The van der Waals surface area contributed by atoms with Gasteiger partial charge in [0.25, 0.3) is 0 Å². The van der Waals surface area contributed by atoms with Crippen molar-refractivity contribution in [1.82, 2.24) is 5.06 Å². The molecule has 0 saturated carbocycles. The minimum Gasteiger partial charge on any atom is -0.469 e. The maximum atomic E-state index is 12.1. The second-order valence-corrected chi connectivity index (χ2v) is 6.09. The summed E-state index contributed by atoms with van der Waals surface area (Å²) in [5.41, 5.74) is 1.13. The minimum atomic E-state index is -0.681. The lowest BCUT2D eigenvalue weighted by Gasteiger charge is -2.31. The third-order valence-electron chi connectivity index (χ3n) is 4.42. The molecule has 0 unspecified atom stereocenters. The third kappa shape index (κ3) is 3.72. The number of benzene rings is 1. The Kier molecular flexibility index (Phi) is 4.96. The molecule has 0 bridgehead atoms. The molecule has 23 heavy (non-hydrogen) atoms. The molecule has 2 heterocycles. The van der Waals surface area contributed by atoms with Crippen molar-refractivity contribution in [2.75, 3.05) is 26.9 Å². The standard InChI is InChI=1S/C17H23NO5/c1-17(21-8-9-22-17)10-15-14(16(19)20-2)12-23-18(15)11-13-6-4-3-5-7-13/h3-7,14-15H,8-12H2,1-2H3/t14-,15-/m0/s1. The summed E-state index contributed by atoms with van der Waals surface area (Å²) in [5.74, 6) is -1.28. The van der Waals surface area contributed by atoms with Crippen LogP contribution in [0.25, 0.3) is 0 Å². The number of nitrogens with zero attached hydrogens (tertiary/aromatic N) is 1. The van der Waals surface area contributed by atoms with Crippen LogP contribution in [0.3, 0.4) is 0 Å². The molecule has 3 rings (SSSR count). The first-order chi connectivity index (χ1) is 11.1. The molecule has 1 aromatic carbocycles. The molecule has 1 aromatic rings. The van der Waals surface area contributed by atoms with E-state index < -0.39 is 5.79 Å². The van der Waals surface area contributed by atoms with Gasteiger partial charge in [-0.3, -0.25) is 9.63 Å². The van der Waals surface area contributed by atoms with E-state index in [2.05, 4.69) is 0 Å². The summed E-state index contributed by atoms with van der Waals surface area (Å²) in [5, 5.41) is 1.85. The highest BCUT2D eigenvalue weighted by atomic mass is 16.7. The summed E-state index contributed by atoms with van der Waals surface area (Å²) in [7, 11) is 1.41. The first kappa shape index (κ1) is 16.4. The second kappa shape index (κ2) is 6.97. The van der Waals surface area contributed by atoms with E-state index in [1.165, 1.54) is 7.11 Å². The molecular formula is C17H23NO5. The highest BCUT2D eigenvalue weighted by Crippen LogP contribution is 2.34.